The fraction of sp³-hybridized carbons (Fsp3) is 0.100. The van der Waals surface area contributed by atoms with E-state index < -0.39 is 0 Å². The first-order valence-corrected chi connectivity index (χ1v) is 10.0. The zero-order valence-corrected chi connectivity index (χ0v) is 16.5. The van der Waals surface area contributed by atoms with Gasteiger partial charge in [0.1, 0.15) is 5.76 Å². The average molecular weight is 416 g/mol. The molecule has 2 aromatic heterocycles. The van der Waals surface area contributed by atoms with Crippen molar-refractivity contribution in [2.45, 2.75) is 17.5 Å². The van der Waals surface area contributed by atoms with E-state index in [4.69, 9.17) is 27.6 Å². The molecule has 0 N–H and O–H groups in total. The quantitative estimate of drug-likeness (QED) is 0.352. The van der Waals surface area contributed by atoms with Gasteiger partial charge in [0.05, 0.1) is 12.8 Å². The molecule has 0 fully saturated rings. The lowest BCUT2D eigenvalue weighted by Crippen LogP contribution is -2.03. The standard InChI is InChI=1S/C20H15Cl2N3OS/c21-16-7-3-14(4-8-16)13-27-20-24-23-19(15-5-9-17(22)10-6-15)25(20)12-18-2-1-11-26-18/h1-11H,12-13H2. The predicted octanol–water partition coefficient (Wildman–Crippen LogP) is 6.19. The fourth-order valence-electron chi connectivity index (χ4n) is 2.64. The van der Waals surface area contributed by atoms with Gasteiger partial charge in [-0.1, -0.05) is 47.1 Å². The first kappa shape index (κ1) is 18.2. The normalized spacial score (nSPS) is 11.0. The molecule has 0 aliphatic heterocycles. The molecule has 0 unspecified atom stereocenters. The van der Waals surface area contributed by atoms with Gasteiger partial charge in [-0.3, -0.25) is 4.57 Å². The van der Waals surface area contributed by atoms with E-state index in [1.54, 1.807) is 18.0 Å². The van der Waals surface area contributed by atoms with Gasteiger partial charge in [0.15, 0.2) is 11.0 Å². The Hall–Kier alpha value is -2.21. The molecule has 0 amide bonds. The lowest BCUT2D eigenvalue weighted by atomic mass is 10.2. The molecule has 0 saturated heterocycles. The highest BCUT2D eigenvalue weighted by molar-refractivity contribution is 7.98. The van der Waals surface area contributed by atoms with Crippen LogP contribution in [-0.4, -0.2) is 14.8 Å². The van der Waals surface area contributed by atoms with Crippen LogP contribution >= 0.6 is 35.0 Å². The maximum absolute atomic E-state index is 6.02. The molecule has 0 atom stereocenters. The van der Waals surface area contributed by atoms with Crippen molar-refractivity contribution < 1.29 is 4.42 Å². The van der Waals surface area contributed by atoms with Gasteiger partial charge in [0.25, 0.3) is 0 Å². The summed E-state index contributed by atoms with van der Waals surface area (Å²) in [4.78, 5) is 0. The Balaban J connectivity index is 1.63. The van der Waals surface area contributed by atoms with Crippen LogP contribution in [0.25, 0.3) is 11.4 Å². The highest BCUT2D eigenvalue weighted by Crippen LogP contribution is 2.28. The third-order valence-electron chi connectivity index (χ3n) is 3.99. The molecule has 0 aliphatic rings. The SMILES string of the molecule is Clc1ccc(CSc2nnc(-c3ccc(Cl)cc3)n2Cc2ccco2)cc1. The number of thioether (sulfide) groups is 1. The van der Waals surface area contributed by atoms with Gasteiger partial charge in [-0.15, -0.1) is 10.2 Å². The van der Waals surface area contributed by atoms with Crippen molar-refractivity contribution in [2.24, 2.45) is 0 Å². The number of hydrogen-bond donors (Lipinski definition) is 0. The largest absolute Gasteiger partial charge is 0.467 e. The van der Waals surface area contributed by atoms with E-state index in [1.807, 2.05) is 60.7 Å². The van der Waals surface area contributed by atoms with Crippen molar-refractivity contribution >= 4 is 35.0 Å². The molecule has 0 spiro atoms. The molecule has 0 saturated carbocycles. The van der Waals surface area contributed by atoms with Crippen LogP contribution in [0.5, 0.6) is 0 Å². The van der Waals surface area contributed by atoms with Gasteiger partial charge < -0.3 is 4.42 Å². The smallest absolute Gasteiger partial charge is 0.192 e. The van der Waals surface area contributed by atoms with Crippen molar-refractivity contribution in [1.29, 1.82) is 0 Å². The van der Waals surface area contributed by atoms with E-state index in [1.165, 1.54) is 5.56 Å². The number of furan rings is 1. The summed E-state index contributed by atoms with van der Waals surface area (Å²) in [7, 11) is 0. The Bertz CT molecular complexity index is 1010. The van der Waals surface area contributed by atoms with Gasteiger partial charge >= 0.3 is 0 Å². The zero-order chi connectivity index (χ0) is 18.6. The van der Waals surface area contributed by atoms with Crippen molar-refractivity contribution in [1.82, 2.24) is 14.8 Å². The minimum atomic E-state index is 0.556. The summed E-state index contributed by atoms with van der Waals surface area (Å²) in [6, 6.07) is 19.2. The second kappa shape index (κ2) is 8.21. The highest BCUT2D eigenvalue weighted by Gasteiger charge is 2.16. The monoisotopic (exact) mass is 415 g/mol. The van der Waals surface area contributed by atoms with Gasteiger partial charge in [-0.2, -0.15) is 0 Å². The molecular weight excluding hydrogens is 401 g/mol. The number of rotatable bonds is 6. The van der Waals surface area contributed by atoms with Crippen LogP contribution < -0.4 is 0 Å². The van der Waals surface area contributed by atoms with Crippen LogP contribution in [0.15, 0.2) is 76.5 Å². The lowest BCUT2D eigenvalue weighted by molar-refractivity contribution is 0.485. The van der Waals surface area contributed by atoms with E-state index >= 15 is 0 Å². The molecule has 0 bridgehead atoms. The van der Waals surface area contributed by atoms with Crippen molar-refractivity contribution in [3.8, 4) is 11.4 Å². The van der Waals surface area contributed by atoms with E-state index in [2.05, 4.69) is 14.8 Å². The second-order valence-electron chi connectivity index (χ2n) is 5.89. The summed E-state index contributed by atoms with van der Waals surface area (Å²) in [6.07, 6.45) is 1.67. The first-order chi connectivity index (χ1) is 13.2. The van der Waals surface area contributed by atoms with E-state index in [-0.39, 0.29) is 0 Å². The zero-order valence-electron chi connectivity index (χ0n) is 14.2. The molecule has 4 aromatic rings. The van der Waals surface area contributed by atoms with Crippen molar-refractivity contribution in [2.75, 3.05) is 0 Å². The summed E-state index contributed by atoms with van der Waals surface area (Å²) >= 11 is 13.6. The summed E-state index contributed by atoms with van der Waals surface area (Å²) in [5.74, 6) is 2.40. The summed E-state index contributed by atoms with van der Waals surface area (Å²) < 4.78 is 7.58. The van der Waals surface area contributed by atoms with Gasteiger partial charge in [-0.25, -0.2) is 0 Å². The van der Waals surface area contributed by atoms with E-state index in [0.29, 0.717) is 11.6 Å². The summed E-state index contributed by atoms with van der Waals surface area (Å²) in [5.41, 5.74) is 2.13. The Morgan fingerprint density at radius 1 is 0.889 bits per heavy atom. The summed E-state index contributed by atoms with van der Waals surface area (Å²) in [6.45, 7) is 0.556. The Labute approximate surface area is 171 Å². The third kappa shape index (κ3) is 4.38. The minimum Gasteiger partial charge on any atom is -0.467 e. The number of halogens is 2. The van der Waals surface area contributed by atoms with Gasteiger partial charge in [-0.05, 0) is 54.1 Å². The topological polar surface area (TPSA) is 43.9 Å². The molecule has 0 aliphatic carbocycles. The Kier molecular flexibility index (Phi) is 5.53. The van der Waals surface area contributed by atoms with Crippen LogP contribution in [0, 0.1) is 0 Å². The second-order valence-corrected chi connectivity index (χ2v) is 7.71. The molecule has 2 heterocycles. The average Bonchev–Trinajstić information content (AvgIpc) is 3.33. The predicted molar refractivity (Wildman–Crippen MR) is 109 cm³/mol. The number of benzene rings is 2. The first-order valence-electron chi connectivity index (χ1n) is 8.28. The molecule has 4 rings (SSSR count). The molecule has 7 heteroatoms. The van der Waals surface area contributed by atoms with Crippen LogP contribution in [-0.2, 0) is 12.3 Å². The van der Waals surface area contributed by atoms with Crippen LogP contribution in [0.1, 0.15) is 11.3 Å². The number of aromatic nitrogens is 3. The van der Waals surface area contributed by atoms with Crippen LogP contribution in [0.4, 0.5) is 0 Å². The van der Waals surface area contributed by atoms with Crippen molar-refractivity contribution in [3.63, 3.8) is 0 Å². The Morgan fingerprint density at radius 2 is 1.59 bits per heavy atom. The van der Waals surface area contributed by atoms with E-state index in [9.17, 15) is 0 Å². The lowest BCUT2D eigenvalue weighted by Gasteiger charge is -2.09. The number of nitrogens with zero attached hydrogens (tertiary/aromatic N) is 3. The molecule has 4 nitrogen and oxygen atoms in total. The fourth-order valence-corrected chi connectivity index (χ4v) is 3.78. The van der Waals surface area contributed by atoms with Crippen molar-refractivity contribution in [3.05, 3.63) is 88.3 Å². The van der Waals surface area contributed by atoms with Gasteiger partial charge in [0.2, 0.25) is 0 Å². The molecule has 2 aromatic carbocycles. The third-order valence-corrected chi connectivity index (χ3v) is 5.54. The van der Waals surface area contributed by atoms with Gasteiger partial charge in [0, 0.05) is 21.4 Å². The molecule has 136 valence electrons. The minimum absolute atomic E-state index is 0.556. The van der Waals surface area contributed by atoms with Crippen LogP contribution in [0.3, 0.4) is 0 Å². The maximum Gasteiger partial charge on any atom is 0.192 e. The Morgan fingerprint density at radius 3 is 2.26 bits per heavy atom. The van der Waals surface area contributed by atoms with E-state index in [0.717, 1.165) is 33.1 Å². The summed E-state index contributed by atoms with van der Waals surface area (Å²) in [5, 5.41) is 11.1. The molecule has 0 radical (unpaired) electrons. The number of hydrogen-bond acceptors (Lipinski definition) is 4. The van der Waals surface area contributed by atoms with Crippen LogP contribution in [0.2, 0.25) is 10.0 Å². The highest BCUT2D eigenvalue weighted by atomic mass is 35.5. The molecule has 27 heavy (non-hydrogen) atoms. The maximum atomic E-state index is 6.02. The molecular formula is C20H15Cl2N3OS.